The molecule has 4 heteroatoms. The summed E-state index contributed by atoms with van der Waals surface area (Å²) in [4.78, 5) is 2.67. The number of nitrogens with zero attached hydrogens (tertiary/aromatic N) is 3. The van der Waals surface area contributed by atoms with Crippen LogP contribution in [0, 0.1) is 5.92 Å². The second-order valence-electron chi connectivity index (χ2n) is 5.64. The van der Waals surface area contributed by atoms with Crippen LogP contribution in [0.15, 0.2) is 4.47 Å². The van der Waals surface area contributed by atoms with Crippen molar-refractivity contribution in [3.05, 3.63) is 15.9 Å². The quantitative estimate of drug-likeness (QED) is 0.851. The van der Waals surface area contributed by atoms with E-state index >= 15 is 0 Å². The molecule has 2 atom stereocenters. The van der Waals surface area contributed by atoms with Gasteiger partial charge in [0, 0.05) is 25.7 Å². The lowest BCUT2D eigenvalue weighted by atomic mass is 10.1. The molecule has 2 bridgehead atoms. The Morgan fingerprint density at radius 1 is 1.33 bits per heavy atom. The summed E-state index contributed by atoms with van der Waals surface area (Å²) in [6.07, 6.45) is 5.30. The van der Waals surface area contributed by atoms with E-state index in [2.05, 4.69) is 39.4 Å². The number of fused-ring (bicyclic) bond motifs is 2. The van der Waals surface area contributed by atoms with Crippen LogP contribution in [0.2, 0.25) is 0 Å². The minimum absolute atomic E-state index is 0.840. The highest BCUT2D eigenvalue weighted by atomic mass is 79.9. The van der Waals surface area contributed by atoms with Crippen molar-refractivity contribution in [3.8, 4) is 0 Å². The molecule has 0 radical (unpaired) electrons. The van der Waals surface area contributed by atoms with Crippen LogP contribution in [0.1, 0.15) is 44.5 Å². The second-order valence-corrected chi connectivity index (χ2v) is 6.43. The maximum absolute atomic E-state index is 4.69. The molecule has 0 spiro atoms. The van der Waals surface area contributed by atoms with Crippen LogP contribution >= 0.6 is 15.9 Å². The summed E-state index contributed by atoms with van der Waals surface area (Å²) in [5.74, 6) is 0.970. The van der Waals surface area contributed by atoms with Crippen molar-refractivity contribution in [1.29, 1.82) is 0 Å². The van der Waals surface area contributed by atoms with Gasteiger partial charge in [0.15, 0.2) is 0 Å². The first kappa shape index (κ1) is 12.7. The first-order chi connectivity index (χ1) is 8.72. The van der Waals surface area contributed by atoms with Crippen molar-refractivity contribution in [2.24, 2.45) is 5.92 Å². The molecule has 100 valence electrons. The van der Waals surface area contributed by atoms with Crippen molar-refractivity contribution in [2.75, 3.05) is 6.54 Å². The summed E-state index contributed by atoms with van der Waals surface area (Å²) in [5, 5.41) is 4.69. The van der Waals surface area contributed by atoms with Crippen molar-refractivity contribution in [3.63, 3.8) is 0 Å². The van der Waals surface area contributed by atoms with Gasteiger partial charge in [0.25, 0.3) is 0 Å². The predicted molar refractivity (Wildman–Crippen MR) is 76.5 cm³/mol. The third-order valence-corrected chi connectivity index (χ3v) is 5.49. The normalized spacial score (nSPS) is 27.3. The van der Waals surface area contributed by atoms with E-state index in [-0.39, 0.29) is 0 Å². The molecule has 1 saturated carbocycles. The smallest absolute Gasteiger partial charge is 0.0767 e. The standard InChI is InChI=1S/C14H22BrN3/c1-3-12-14(15)13(18(4-2)16-12)9-17-8-10-5-6-11(17)7-10/h10-11H,3-9H2,1-2H3. The van der Waals surface area contributed by atoms with Crippen LogP contribution in [0.3, 0.4) is 0 Å². The van der Waals surface area contributed by atoms with Gasteiger partial charge in [-0.05, 0) is 54.5 Å². The lowest BCUT2D eigenvalue weighted by Crippen LogP contribution is -2.32. The SMILES string of the molecule is CCc1nn(CC)c(CN2CC3CCC2C3)c1Br. The molecule has 2 fully saturated rings. The Labute approximate surface area is 118 Å². The summed E-state index contributed by atoms with van der Waals surface area (Å²) < 4.78 is 3.42. The summed E-state index contributed by atoms with van der Waals surface area (Å²) >= 11 is 3.75. The second kappa shape index (κ2) is 4.97. The highest BCUT2D eigenvalue weighted by Gasteiger charge is 2.38. The Kier molecular flexibility index (Phi) is 3.50. The Balaban J connectivity index is 1.81. The summed E-state index contributed by atoms with van der Waals surface area (Å²) in [6, 6.07) is 0.840. The number of aryl methyl sites for hydroxylation is 2. The van der Waals surface area contributed by atoms with E-state index in [4.69, 9.17) is 5.10 Å². The van der Waals surface area contributed by atoms with E-state index in [1.165, 1.54) is 41.7 Å². The maximum atomic E-state index is 4.69. The molecule has 1 aliphatic carbocycles. The zero-order chi connectivity index (χ0) is 12.7. The number of hydrogen-bond acceptors (Lipinski definition) is 2. The van der Waals surface area contributed by atoms with Gasteiger partial charge in [-0.1, -0.05) is 6.92 Å². The molecule has 3 nitrogen and oxygen atoms in total. The Morgan fingerprint density at radius 2 is 2.17 bits per heavy atom. The van der Waals surface area contributed by atoms with Crippen LogP contribution in [-0.2, 0) is 19.5 Å². The average molecular weight is 312 g/mol. The van der Waals surface area contributed by atoms with Gasteiger partial charge in [-0.3, -0.25) is 9.58 Å². The van der Waals surface area contributed by atoms with Crippen LogP contribution in [-0.4, -0.2) is 27.3 Å². The van der Waals surface area contributed by atoms with Crippen LogP contribution in [0.5, 0.6) is 0 Å². The molecular formula is C14H22BrN3. The molecule has 1 aromatic heterocycles. The predicted octanol–water partition coefficient (Wildman–Crippen LogP) is 3.21. The molecule has 0 amide bonds. The number of rotatable bonds is 4. The minimum Gasteiger partial charge on any atom is -0.294 e. The number of halogens is 1. The fraction of sp³-hybridized carbons (Fsp3) is 0.786. The summed E-state index contributed by atoms with van der Waals surface area (Å²) in [6.45, 7) is 7.69. The van der Waals surface area contributed by atoms with Gasteiger partial charge >= 0.3 is 0 Å². The molecule has 18 heavy (non-hydrogen) atoms. The molecule has 0 N–H and O–H groups in total. The average Bonchev–Trinajstić information content (AvgIpc) is 3.06. The van der Waals surface area contributed by atoms with Gasteiger partial charge in [0.1, 0.15) is 0 Å². The fourth-order valence-electron chi connectivity index (χ4n) is 3.58. The van der Waals surface area contributed by atoms with Crippen molar-refractivity contribution in [2.45, 2.75) is 58.7 Å². The lowest BCUT2D eigenvalue weighted by molar-refractivity contribution is 0.199. The molecule has 1 aliphatic heterocycles. The van der Waals surface area contributed by atoms with E-state index in [9.17, 15) is 0 Å². The fourth-order valence-corrected chi connectivity index (χ4v) is 4.27. The third kappa shape index (κ3) is 2.03. The summed E-state index contributed by atoms with van der Waals surface area (Å²) in [7, 11) is 0. The Morgan fingerprint density at radius 3 is 2.72 bits per heavy atom. The molecule has 1 saturated heterocycles. The van der Waals surface area contributed by atoms with Gasteiger partial charge < -0.3 is 0 Å². The van der Waals surface area contributed by atoms with E-state index in [1.54, 1.807) is 0 Å². The van der Waals surface area contributed by atoms with Crippen molar-refractivity contribution >= 4 is 15.9 Å². The van der Waals surface area contributed by atoms with E-state index in [1.807, 2.05) is 0 Å². The van der Waals surface area contributed by atoms with Crippen LogP contribution in [0.4, 0.5) is 0 Å². The largest absolute Gasteiger partial charge is 0.294 e. The van der Waals surface area contributed by atoms with Gasteiger partial charge in [-0.15, -0.1) is 0 Å². The van der Waals surface area contributed by atoms with Crippen molar-refractivity contribution < 1.29 is 0 Å². The van der Waals surface area contributed by atoms with Gasteiger partial charge in [0.2, 0.25) is 0 Å². The van der Waals surface area contributed by atoms with Crippen LogP contribution in [0.25, 0.3) is 0 Å². The maximum Gasteiger partial charge on any atom is 0.0767 e. The third-order valence-electron chi connectivity index (χ3n) is 4.57. The lowest BCUT2D eigenvalue weighted by Gasteiger charge is -2.26. The van der Waals surface area contributed by atoms with Crippen molar-refractivity contribution in [1.82, 2.24) is 14.7 Å². The summed E-state index contributed by atoms with van der Waals surface area (Å²) in [5.41, 5.74) is 2.58. The van der Waals surface area contributed by atoms with E-state index in [0.29, 0.717) is 0 Å². The minimum atomic E-state index is 0.840. The van der Waals surface area contributed by atoms with Gasteiger partial charge in [-0.2, -0.15) is 5.10 Å². The number of piperidine rings is 1. The van der Waals surface area contributed by atoms with Gasteiger partial charge in [0.05, 0.1) is 15.9 Å². The molecule has 0 aromatic carbocycles. The van der Waals surface area contributed by atoms with Crippen LogP contribution < -0.4 is 0 Å². The monoisotopic (exact) mass is 311 g/mol. The highest BCUT2D eigenvalue weighted by Crippen LogP contribution is 2.38. The van der Waals surface area contributed by atoms with Gasteiger partial charge in [-0.25, -0.2) is 0 Å². The van der Waals surface area contributed by atoms with E-state index in [0.717, 1.165) is 31.5 Å². The zero-order valence-electron chi connectivity index (χ0n) is 11.3. The zero-order valence-corrected chi connectivity index (χ0v) is 12.9. The number of hydrogen-bond donors (Lipinski definition) is 0. The molecule has 2 unspecified atom stereocenters. The molecule has 1 aromatic rings. The first-order valence-corrected chi connectivity index (χ1v) is 8.00. The molecule has 2 heterocycles. The Hall–Kier alpha value is -0.350. The topological polar surface area (TPSA) is 21.1 Å². The van der Waals surface area contributed by atoms with E-state index < -0.39 is 0 Å². The Bertz CT molecular complexity index is 440. The molecule has 3 rings (SSSR count). The molecule has 2 aliphatic rings. The first-order valence-electron chi connectivity index (χ1n) is 7.21. The molecular weight excluding hydrogens is 290 g/mol. The highest BCUT2D eigenvalue weighted by molar-refractivity contribution is 9.10. The number of likely N-dealkylation sites (tertiary alicyclic amines) is 1. The number of aromatic nitrogens is 2.